The lowest BCUT2D eigenvalue weighted by atomic mass is 9.45. The van der Waals surface area contributed by atoms with Crippen LogP contribution in [0.4, 0.5) is 0 Å². The minimum atomic E-state index is -0.0280. The molecule has 0 spiro atoms. The summed E-state index contributed by atoms with van der Waals surface area (Å²) >= 11 is 0. The quantitative estimate of drug-likeness (QED) is 0.639. The Kier molecular flexibility index (Phi) is 3.76. The van der Waals surface area contributed by atoms with E-state index in [1.165, 1.54) is 57.8 Å². The van der Waals surface area contributed by atoms with Crippen molar-refractivity contribution in [2.45, 2.75) is 96.3 Å². The molecule has 3 nitrogen and oxygen atoms in total. The Morgan fingerprint density at radius 2 is 1.78 bits per heavy atom. The fourth-order valence-electron chi connectivity index (χ4n) is 8.85. The number of ketones is 1. The number of hydrogen-bond donors (Lipinski definition) is 0. The number of ether oxygens (including phenoxy) is 1. The van der Waals surface area contributed by atoms with Crippen LogP contribution in [0.15, 0.2) is 0 Å². The Hall–Kier alpha value is -0.410. The monoisotopic (exact) mass is 371 g/mol. The molecule has 3 heteroatoms. The van der Waals surface area contributed by atoms with E-state index in [0.29, 0.717) is 29.3 Å². The number of carbonyl (C=O) groups is 1. The van der Waals surface area contributed by atoms with Crippen molar-refractivity contribution < 1.29 is 9.53 Å². The Labute approximate surface area is 164 Å². The zero-order valence-corrected chi connectivity index (χ0v) is 17.3. The number of likely N-dealkylation sites (tertiary alicyclic amines) is 1. The summed E-state index contributed by atoms with van der Waals surface area (Å²) in [5.41, 5.74) is 0.452. The van der Waals surface area contributed by atoms with Crippen LogP contribution in [0.1, 0.15) is 78.1 Å². The normalized spacial score (nSPS) is 57.4. The van der Waals surface area contributed by atoms with Gasteiger partial charge in [-0.2, -0.15) is 0 Å². The maximum absolute atomic E-state index is 13.6. The van der Waals surface area contributed by atoms with Gasteiger partial charge in [-0.3, -0.25) is 9.69 Å². The second-order valence-corrected chi connectivity index (χ2v) is 11.5. The average molecular weight is 372 g/mol. The van der Waals surface area contributed by atoms with E-state index in [0.717, 1.165) is 37.3 Å². The number of rotatable bonds is 1. The minimum absolute atomic E-state index is 0.0280. The molecule has 150 valence electrons. The van der Waals surface area contributed by atoms with Gasteiger partial charge in [0, 0.05) is 5.41 Å². The first-order valence-electron chi connectivity index (χ1n) is 11.9. The maximum atomic E-state index is 13.6. The summed E-state index contributed by atoms with van der Waals surface area (Å²) < 4.78 is 5.97. The summed E-state index contributed by atoms with van der Waals surface area (Å²) in [7, 11) is 0. The predicted octanol–water partition coefficient (Wildman–Crippen LogP) is 4.44. The van der Waals surface area contributed by atoms with E-state index in [-0.39, 0.29) is 11.5 Å². The molecule has 0 bridgehead atoms. The van der Waals surface area contributed by atoms with Gasteiger partial charge in [0.15, 0.2) is 5.78 Å². The van der Waals surface area contributed by atoms with E-state index >= 15 is 0 Å². The molecule has 0 aromatic rings. The van der Waals surface area contributed by atoms with Gasteiger partial charge in [-0.15, -0.1) is 0 Å². The van der Waals surface area contributed by atoms with Crippen molar-refractivity contribution in [1.29, 1.82) is 0 Å². The van der Waals surface area contributed by atoms with Crippen molar-refractivity contribution in [1.82, 2.24) is 4.90 Å². The van der Waals surface area contributed by atoms with Gasteiger partial charge in [0.25, 0.3) is 0 Å². The summed E-state index contributed by atoms with van der Waals surface area (Å²) in [6.07, 6.45) is 14.1. The highest BCUT2D eigenvalue weighted by molar-refractivity contribution is 5.92. The fraction of sp³-hybridized carbons (Fsp3) is 0.958. The summed E-state index contributed by atoms with van der Waals surface area (Å²) in [5, 5.41) is 0. The van der Waals surface area contributed by atoms with Crippen molar-refractivity contribution in [3.63, 3.8) is 0 Å². The first-order chi connectivity index (χ1) is 13.0. The van der Waals surface area contributed by atoms with Gasteiger partial charge in [-0.25, -0.2) is 0 Å². The van der Waals surface area contributed by atoms with E-state index in [1.54, 1.807) is 0 Å². The SMILES string of the molecule is C[C@]12CC3OC3CC1CC[C@@H]1[C@H]2CC[C@]2(C)C(=O)C(N3CCCCC3)C[C@@H]12. The lowest BCUT2D eigenvalue weighted by Gasteiger charge is -2.58. The molecule has 2 heterocycles. The van der Waals surface area contributed by atoms with Crippen molar-refractivity contribution in [2.24, 2.45) is 34.5 Å². The van der Waals surface area contributed by atoms with Gasteiger partial charge in [0.1, 0.15) is 0 Å². The van der Waals surface area contributed by atoms with Gasteiger partial charge < -0.3 is 4.74 Å². The van der Waals surface area contributed by atoms with Crippen LogP contribution >= 0.6 is 0 Å². The van der Waals surface area contributed by atoms with Crippen LogP contribution in [-0.2, 0) is 9.53 Å². The molecule has 4 aliphatic carbocycles. The molecule has 4 unspecified atom stereocenters. The third-order valence-corrected chi connectivity index (χ3v) is 10.5. The molecular weight excluding hydrogens is 334 g/mol. The summed E-state index contributed by atoms with van der Waals surface area (Å²) in [4.78, 5) is 16.2. The van der Waals surface area contributed by atoms with Gasteiger partial charge in [0.2, 0.25) is 0 Å². The van der Waals surface area contributed by atoms with Gasteiger partial charge in [-0.05, 0) is 100.0 Å². The standard InChI is InChI=1S/C24H37NO2/c1-23-9-8-17-16(7-6-15-12-20-21(27-20)14-24(15,17)2)18(23)13-19(22(23)26)25-10-4-3-5-11-25/h15-21H,3-14H2,1-2H3/t15?,16-,17-,18+,19?,20?,21?,23+,24+/m1/s1. The number of hydrogen-bond acceptors (Lipinski definition) is 3. The van der Waals surface area contributed by atoms with Crippen LogP contribution in [0.5, 0.6) is 0 Å². The lowest BCUT2D eigenvalue weighted by molar-refractivity contribution is -0.140. The molecule has 0 aromatic carbocycles. The molecule has 6 aliphatic rings. The van der Waals surface area contributed by atoms with E-state index < -0.39 is 0 Å². The number of fused-ring (bicyclic) bond motifs is 6. The Balaban J connectivity index is 1.28. The molecule has 6 fully saturated rings. The first-order valence-corrected chi connectivity index (χ1v) is 11.9. The number of piperidine rings is 1. The molecule has 9 atom stereocenters. The van der Waals surface area contributed by atoms with E-state index in [2.05, 4.69) is 18.7 Å². The second-order valence-electron chi connectivity index (χ2n) is 11.5. The van der Waals surface area contributed by atoms with Crippen LogP contribution in [0.25, 0.3) is 0 Å². The number of nitrogens with zero attached hydrogens (tertiary/aromatic N) is 1. The maximum Gasteiger partial charge on any atom is 0.156 e. The van der Waals surface area contributed by atoms with Crippen molar-refractivity contribution >= 4 is 5.78 Å². The van der Waals surface area contributed by atoms with Crippen LogP contribution in [0, 0.1) is 34.5 Å². The van der Waals surface area contributed by atoms with Gasteiger partial charge >= 0.3 is 0 Å². The van der Waals surface area contributed by atoms with Gasteiger partial charge in [-0.1, -0.05) is 20.3 Å². The second kappa shape index (κ2) is 5.81. The summed E-state index contributed by atoms with van der Waals surface area (Å²) in [5.74, 6) is 3.77. The first kappa shape index (κ1) is 17.4. The van der Waals surface area contributed by atoms with Gasteiger partial charge in [0.05, 0.1) is 18.2 Å². The topological polar surface area (TPSA) is 32.8 Å². The molecular formula is C24H37NO2. The fourth-order valence-corrected chi connectivity index (χ4v) is 8.85. The lowest BCUT2D eigenvalue weighted by Crippen LogP contribution is -2.53. The Bertz CT molecular complexity index is 642. The molecule has 0 radical (unpaired) electrons. The molecule has 2 aliphatic heterocycles. The van der Waals surface area contributed by atoms with Crippen LogP contribution in [0.3, 0.4) is 0 Å². The average Bonchev–Trinajstić information content (AvgIpc) is 3.36. The van der Waals surface area contributed by atoms with E-state index in [1.807, 2.05) is 0 Å². The largest absolute Gasteiger partial charge is 0.370 e. The molecule has 27 heavy (non-hydrogen) atoms. The highest BCUT2D eigenvalue weighted by atomic mass is 16.6. The molecule has 0 N–H and O–H groups in total. The predicted molar refractivity (Wildman–Crippen MR) is 105 cm³/mol. The minimum Gasteiger partial charge on any atom is -0.370 e. The molecule has 6 rings (SSSR count). The number of Topliss-reactive ketones (excluding diaryl/α,β-unsaturated/α-hetero) is 1. The summed E-state index contributed by atoms with van der Waals surface area (Å²) in [6, 6.07) is 0.243. The van der Waals surface area contributed by atoms with E-state index in [9.17, 15) is 4.79 Å². The van der Waals surface area contributed by atoms with Crippen molar-refractivity contribution in [3.8, 4) is 0 Å². The third-order valence-electron chi connectivity index (χ3n) is 10.5. The Morgan fingerprint density at radius 1 is 0.963 bits per heavy atom. The molecule has 0 aromatic heterocycles. The molecule has 0 amide bonds. The van der Waals surface area contributed by atoms with Crippen LogP contribution in [0.2, 0.25) is 0 Å². The smallest absolute Gasteiger partial charge is 0.156 e. The third kappa shape index (κ3) is 2.37. The Morgan fingerprint density at radius 3 is 2.59 bits per heavy atom. The number of carbonyl (C=O) groups excluding carboxylic acids is 1. The van der Waals surface area contributed by atoms with Crippen molar-refractivity contribution in [3.05, 3.63) is 0 Å². The zero-order chi connectivity index (χ0) is 18.4. The van der Waals surface area contributed by atoms with Crippen LogP contribution < -0.4 is 0 Å². The highest BCUT2D eigenvalue weighted by Gasteiger charge is 2.65. The highest BCUT2D eigenvalue weighted by Crippen LogP contribution is 2.67. The van der Waals surface area contributed by atoms with Crippen LogP contribution in [-0.4, -0.2) is 42.0 Å². The van der Waals surface area contributed by atoms with Crippen molar-refractivity contribution in [2.75, 3.05) is 13.1 Å². The molecule has 4 saturated carbocycles. The zero-order valence-electron chi connectivity index (χ0n) is 17.3. The summed E-state index contributed by atoms with van der Waals surface area (Å²) in [6.45, 7) is 7.28. The van der Waals surface area contributed by atoms with E-state index in [4.69, 9.17) is 4.74 Å². The number of epoxide rings is 1. The molecule has 2 saturated heterocycles.